The Kier molecular flexibility index (Phi) is 7.77. The highest BCUT2D eigenvalue weighted by Gasteiger charge is 2.82. The molecule has 15 heteroatoms. The van der Waals surface area contributed by atoms with E-state index in [0.29, 0.717) is 0 Å². The summed E-state index contributed by atoms with van der Waals surface area (Å²) < 4.78 is 175. The van der Waals surface area contributed by atoms with Crippen molar-refractivity contribution in [3.05, 3.63) is 24.8 Å². The van der Waals surface area contributed by atoms with Crippen molar-refractivity contribution in [2.24, 2.45) is 5.41 Å². The van der Waals surface area contributed by atoms with Crippen LogP contribution in [0.2, 0.25) is 0 Å². The number of hydrogen-bond donors (Lipinski definition) is 0. The predicted molar refractivity (Wildman–Crippen MR) is 56.7 cm³/mol. The predicted octanol–water partition coefficient (Wildman–Crippen LogP) is 6.90. The van der Waals surface area contributed by atoms with Gasteiger partial charge < -0.3 is 0 Å². The normalized spacial score (nSPS) is 14.4. The molecule has 0 aromatic heterocycles. The van der Waals surface area contributed by atoms with Gasteiger partial charge in [-0.3, -0.25) is 0 Å². The van der Waals surface area contributed by atoms with Gasteiger partial charge in [0, 0.05) is 5.57 Å². The van der Waals surface area contributed by atoms with Gasteiger partial charge in [-0.05, 0) is 0 Å². The van der Waals surface area contributed by atoms with Crippen molar-refractivity contribution in [3.8, 4) is 0 Å². The first-order valence-electron chi connectivity index (χ1n) is 5.59. The van der Waals surface area contributed by atoms with Crippen LogP contribution in [-0.4, -0.2) is 30.9 Å². The summed E-state index contributed by atoms with van der Waals surface area (Å²) in [5, 5.41) is 0. The van der Waals surface area contributed by atoms with Crippen LogP contribution in [0.25, 0.3) is 0 Å². The van der Waals surface area contributed by atoms with E-state index in [9.17, 15) is 65.9 Å². The lowest BCUT2D eigenvalue weighted by Gasteiger charge is -2.35. The van der Waals surface area contributed by atoms with Crippen LogP contribution in [0.1, 0.15) is 6.42 Å². The van der Waals surface area contributed by atoms with E-state index < -0.39 is 54.4 Å². The summed E-state index contributed by atoms with van der Waals surface area (Å²) in [6.45, 7) is 4.24. The van der Waals surface area contributed by atoms with Gasteiger partial charge in [0.25, 0.3) is 5.41 Å². The fourth-order valence-corrected chi connectivity index (χ4v) is 1.17. The number of hydrogen-bond acceptors (Lipinski definition) is 0. The molecule has 0 saturated heterocycles. The highest BCUT2D eigenvalue weighted by Crippen LogP contribution is 2.59. The molecular weight excluding hydrogens is 417 g/mol. The van der Waals surface area contributed by atoms with Crippen LogP contribution in [0.5, 0.6) is 0 Å². The Morgan fingerprint density at radius 1 is 0.615 bits per heavy atom. The lowest BCUT2D eigenvalue weighted by atomic mass is 9.85. The third-order valence-electron chi connectivity index (χ3n) is 2.46. The lowest BCUT2D eigenvalue weighted by Crippen LogP contribution is -2.58. The minimum Gasteiger partial charge on any atom is -0.171 e. The van der Waals surface area contributed by atoms with Crippen molar-refractivity contribution in [2.75, 3.05) is 0 Å². The summed E-state index contributed by atoms with van der Waals surface area (Å²) in [7, 11) is 0. The molecule has 0 N–H and O–H groups in total. The summed E-state index contributed by atoms with van der Waals surface area (Å²) >= 11 is 0. The Balaban J connectivity index is 0. The maximum Gasteiger partial charge on any atom is 0.415 e. The number of allylic oxidation sites excluding steroid dienone is 2. The van der Waals surface area contributed by atoms with Gasteiger partial charge in [0.15, 0.2) is 0 Å². The second-order valence-corrected chi connectivity index (χ2v) is 4.40. The highest BCUT2D eigenvalue weighted by molar-refractivity contribution is 5.10. The first-order chi connectivity index (χ1) is 10.9. The van der Waals surface area contributed by atoms with E-state index in [1.807, 2.05) is 6.58 Å². The summed E-state index contributed by atoms with van der Waals surface area (Å²) in [4.78, 5) is 0. The van der Waals surface area contributed by atoms with E-state index in [4.69, 9.17) is 0 Å². The SMILES string of the molecule is C=C(CC(F)(F)F)C(F)(F)F.C=CC(C(F)(F)F)(C(F)(F)F)C(F)(F)F. The molecule has 0 aromatic carbocycles. The maximum absolute atomic E-state index is 11.9. The third-order valence-corrected chi connectivity index (χ3v) is 2.46. The maximum atomic E-state index is 11.9. The molecule has 0 radical (unpaired) electrons. The molecule has 0 aromatic rings. The Morgan fingerprint density at radius 3 is 0.923 bits per heavy atom. The molecule has 0 rings (SSSR count). The molecule has 0 fully saturated rings. The van der Waals surface area contributed by atoms with Crippen molar-refractivity contribution in [1.29, 1.82) is 0 Å². The molecule has 0 saturated carbocycles. The van der Waals surface area contributed by atoms with Crippen LogP contribution >= 0.6 is 0 Å². The Hall–Kier alpha value is -1.57. The van der Waals surface area contributed by atoms with Crippen LogP contribution < -0.4 is 0 Å². The monoisotopic (exact) mass is 424 g/mol. The van der Waals surface area contributed by atoms with Crippen LogP contribution in [-0.2, 0) is 0 Å². The lowest BCUT2D eigenvalue weighted by molar-refractivity contribution is -0.406. The van der Waals surface area contributed by atoms with Gasteiger partial charge in [0.05, 0.1) is 6.42 Å². The van der Waals surface area contributed by atoms with Gasteiger partial charge in [-0.15, -0.1) is 6.58 Å². The van der Waals surface area contributed by atoms with Gasteiger partial charge >= 0.3 is 30.9 Å². The molecule has 0 unspecified atom stereocenters. The fraction of sp³-hybridized carbons (Fsp3) is 0.636. The molecule has 0 aliphatic rings. The van der Waals surface area contributed by atoms with Gasteiger partial charge in [-0.25, -0.2) is 0 Å². The molecule has 0 aliphatic carbocycles. The minimum absolute atomic E-state index is 1.19. The topological polar surface area (TPSA) is 0 Å². The molecule has 0 amide bonds. The van der Waals surface area contributed by atoms with Crippen LogP contribution in [0.3, 0.4) is 0 Å². The van der Waals surface area contributed by atoms with Crippen LogP contribution in [0.4, 0.5) is 65.9 Å². The third kappa shape index (κ3) is 6.63. The van der Waals surface area contributed by atoms with Gasteiger partial charge in [-0.1, -0.05) is 12.7 Å². The average Bonchev–Trinajstić information content (AvgIpc) is 2.20. The zero-order valence-electron chi connectivity index (χ0n) is 11.9. The van der Waals surface area contributed by atoms with E-state index in [0.717, 1.165) is 0 Å². The van der Waals surface area contributed by atoms with E-state index in [2.05, 4.69) is 6.58 Å². The molecule has 0 bridgehead atoms. The van der Waals surface area contributed by atoms with E-state index >= 15 is 0 Å². The quantitative estimate of drug-likeness (QED) is 0.334. The first kappa shape index (κ1) is 26.7. The van der Waals surface area contributed by atoms with Crippen LogP contribution in [0.15, 0.2) is 24.8 Å². The number of alkyl halides is 15. The Labute approximate surface area is 134 Å². The fourth-order valence-electron chi connectivity index (χ4n) is 1.17. The van der Waals surface area contributed by atoms with Gasteiger partial charge in [0.2, 0.25) is 0 Å². The molecule has 156 valence electrons. The zero-order valence-corrected chi connectivity index (χ0v) is 11.9. The summed E-state index contributed by atoms with van der Waals surface area (Å²) in [6.07, 6.45) is -32.6. The molecule has 26 heavy (non-hydrogen) atoms. The Bertz CT molecular complexity index is 442. The van der Waals surface area contributed by atoms with E-state index in [1.54, 1.807) is 0 Å². The van der Waals surface area contributed by atoms with Crippen molar-refractivity contribution in [3.63, 3.8) is 0 Å². The minimum atomic E-state index is -6.54. The largest absolute Gasteiger partial charge is 0.415 e. The van der Waals surface area contributed by atoms with Crippen molar-refractivity contribution >= 4 is 0 Å². The van der Waals surface area contributed by atoms with Crippen molar-refractivity contribution in [2.45, 2.75) is 37.3 Å². The van der Waals surface area contributed by atoms with Gasteiger partial charge in [0.1, 0.15) is 0 Å². The summed E-state index contributed by atoms with van der Waals surface area (Å²) in [5.41, 5.74) is -7.66. The highest BCUT2D eigenvalue weighted by atomic mass is 19.4. The second kappa shape index (κ2) is 7.58. The standard InChI is InChI=1S/C6H3F9.C5H4F6/c1-2-3(4(7,8)9,5(10,11)12)6(13,14)15;1-3(5(9,10)11)2-4(6,7)8/h2H,1H2;1-2H2. The molecule has 0 atom stereocenters. The number of rotatable bonds is 2. The number of halogens is 15. The zero-order chi connectivity index (χ0) is 22.0. The van der Waals surface area contributed by atoms with Crippen LogP contribution in [0, 0.1) is 5.41 Å². The molecule has 0 heterocycles. The summed E-state index contributed by atoms with van der Waals surface area (Å²) in [6, 6.07) is 0. The Morgan fingerprint density at radius 2 is 0.885 bits per heavy atom. The molecule has 0 nitrogen and oxygen atoms in total. The average molecular weight is 424 g/mol. The smallest absolute Gasteiger partial charge is 0.171 e. The van der Waals surface area contributed by atoms with Crippen molar-refractivity contribution in [1.82, 2.24) is 0 Å². The molecule has 0 spiro atoms. The molecule has 0 aliphatic heterocycles. The summed E-state index contributed by atoms with van der Waals surface area (Å²) in [5.74, 6) is 0. The van der Waals surface area contributed by atoms with E-state index in [-0.39, 0.29) is 0 Å². The second-order valence-electron chi connectivity index (χ2n) is 4.40. The van der Waals surface area contributed by atoms with Gasteiger partial charge in [-0.2, -0.15) is 65.9 Å². The molecular formula is C11H7F15. The van der Waals surface area contributed by atoms with E-state index in [1.165, 1.54) is 0 Å². The van der Waals surface area contributed by atoms with Crippen molar-refractivity contribution < 1.29 is 65.9 Å². The first-order valence-corrected chi connectivity index (χ1v) is 5.59.